The first-order valence-electron chi connectivity index (χ1n) is 11.7. The van der Waals surface area contributed by atoms with Crippen molar-refractivity contribution in [1.82, 2.24) is 9.29 Å². The average molecular weight is 526 g/mol. The highest BCUT2D eigenvalue weighted by atomic mass is 32.2. The number of aryl methyl sites for hydroxylation is 1. The number of fused-ring (bicyclic) bond motifs is 1. The van der Waals surface area contributed by atoms with Crippen LogP contribution in [0.25, 0.3) is 10.2 Å². The molecule has 0 saturated carbocycles. The van der Waals surface area contributed by atoms with Crippen LogP contribution >= 0.6 is 11.3 Å². The van der Waals surface area contributed by atoms with Crippen molar-refractivity contribution in [2.45, 2.75) is 37.3 Å². The van der Waals surface area contributed by atoms with Crippen molar-refractivity contribution in [3.05, 3.63) is 77.7 Å². The van der Waals surface area contributed by atoms with Gasteiger partial charge in [0, 0.05) is 25.8 Å². The molecule has 2 aromatic heterocycles. The molecule has 0 bridgehead atoms. The zero-order valence-corrected chi connectivity index (χ0v) is 21.7. The van der Waals surface area contributed by atoms with E-state index in [4.69, 9.17) is 14.1 Å². The third-order valence-electron chi connectivity index (χ3n) is 6.27. The molecule has 1 aliphatic heterocycles. The van der Waals surface area contributed by atoms with Crippen LogP contribution in [0.4, 0.5) is 5.13 Å². The highest BCUT2D eigenvalue weighted by molar-refractivity contribution is 7.89. The molecule has 1 saturated heterocycles. The van der Waals surface area contributed by atoms with Gasteiger partial charge < -0.3 is 9.15 Å². The largest absolute Gasteiger partial charge is 0.467 e. The van der Waals surface area contributed by atoms with E-state index >= 15 is 0 Å². The van der Waals surface area contributed by atoms with Gasteiger partial charge in [0.15, 0.2) is 5.13 Å². The molecule has 0 radical (unpaired) electrons. The summed E-state index contributed by atoms with van der Waals surface area (Å²) in [4.78, 5) is 20.1. The summed E-state index contributed by atoms with van der Waals surface area (Å²) >= 11 is 1.43. The number of hydrogen-bond acceptors (Lipinski definition) is 7. The molecule has 1 unspecified atom stereocenters. The fourth-order valence-electron chi connectivity index (χ4n) is 4.25. The minimum atomic E-state index is -3.70. The summed E-state index contributed by atoms with van der Waals surface area (Å²) in [6, 6.07) is 15.5. The maximum absolute atomic E-state index is 13.6. The average Bonchev–Trinajstić information content (AvgIpc) is 3.64. The molecule has 1 atom stereocenters. The maximum atomic E-state index is 13.6. The van der Waals surface area contributed by atoms with Crippen LogP contribution in [-0.2, 0) is 21.3 Å². The Kier molecular flexibility index (Phi) is 6.94. The van der Waals surface area contributed by atoms with E-state index in [0.717, 1.165) is 28.6 Å². The monoisotopic (exact) mass is 525 g/mol. The Bertz CT molecular complexity index is 1460. The molecular weight excluding hydrogens is 498 g/mol. The number of anilines is 1. The first kappa shape index (κ1) is 24.6. The van der Waals surface area contributed by atoms with Gasteiger partial charge in [-0.15, -0.1) is 0 Å². The lowest BCUT2D eigenvalue weighted by atomic mass is 10.2. The Morgan fingerprint density at radius 1 is 1.14 bits per heavy atom. The number of amides is 1. The summed E-state index contributed by atoms with van der Waals surface area (Å²) in [6.07, 6.45) is 3.27. The van der Waals surface area contributed by atoms with E-state index in [0.29, 0.717) is 29.6 Å². The Balaban J connectivity index is 1.42. The van der Waals surface area contributed by atoms with E-state index in [1.165, 1.54) is 27.8 Å². The summed E-state index contributed by atoms with van der Waals surface area (Å²) in [5, 5.41) is 0.550. The highest BCUT2D eigenvalue weighted by Gasteiger charge is 2.27. The Morgan fingerprint density at radius 3 is 2.61 bits per heavy atom. The normalized spacial score (nSPS) is 16.1. The quantitative estimate of drug-likeness (QED) is 0.327. The summed E-state index contributed by atoms with van der Waals surface area (Å²) in [5.41, 5.74) is 2.24. The molecule has 8 nitrogen and oxygen atoms in total. The second kappa shape index (κ2) is 10.1. The smallest absolute Gasteiger partial charge is 0.260 e. The second-order valence-electron chi connectivity index (χ2n) is 8.83. The fraction of sp³-hybridized carbons (Fsp3) is 0.308. The number of benzene rings is 2. The van der Waals surface area contributed by atoms with Crippen molar-refractivity contribution >= 4 is 42.6 Å². The molecular formula is C26H27N3O5S2. The Hall–Kier alpha value is -3.05. The first-order chi connectivity index (χ1) is 17.3. The van der Waals surface area contributed by atoms with Gasteiger partial charge in [0.1, 0.15) is 5.76 Å². The fourth-order valence-corrected chi connectivity index (χ4v) is 6.50. The summed E-state index contributed by atoms with van der Waals surface area (Å²) in [5.74, 6) is 0.328. The van der Waals surface area contributed by atoms with Gasteiger partial charge >= 0.3 is 0 Å². The Morgan fingerprint density at radius 2 is 1.94 bits per heavy atom. The summed E-state index contributed by atoms with van der Waals surface area (Å²) in [6.45, 7) is 3.16. The van der Waals surface area contributed by atoms with Crippen LogP contribution in [-0.4, -0.2) is 49.9 Å². The van der Waals surface area contributed by atoms with Crippen molar-refractivity contribution in [2.24, 2.45) is 0 Å². The van der Waals surface area contributed by atoms with Crippen molar-refractivity contribution < 1.29 is 22.4 Å². The molecule has 2 aromatic carbocycles. The van der Waals surface area contributed by atoms with E-state index in [1.54, 1.807) is 42.5 Å². The van der Waals surface area contributed by atoms with Crippen LogP contribution in [0.2, 0.25) is 0 Å². The zero-order chi connectivity index (χ0) is 25.3. The van der Waals surface area contributed by atoms with Crippen molar-refractivity contribution in [1.29, 1.82) is 0 Å². The minimum absolute atomic E-state index is 0.0850. The SMILES string of the molecule is Cc1cccc2sc(N(Cc3ccco3)C(=O)c3ccc(S(=O)(=O)N(C)CC4CCCO4)cc3)nc12. The number of sulfonamides is 1. The summed E-state index contributed by atoms with van der Waals surface area (Å²) in [7, 11) is -2.15. The van der Waals surface area contributed by atoms with Gasteiger partial charge in [0.2, 0.25) is 10.0 Å². The third kappa shape index (κ3) is 4.94. The highest BCUT2D eigenvalue weighted by Crippen LogP contribution is 2.32. The van der Waals surface area contributed by atoms with Gasteiger partial charge in [-0.2, -0.15) is 4.31 Å². The first-order valence-corrected chi connectivity index (χ1v) is 14.0. The van der Waals surface area contributed by atoms with Crippen molar-refractivity contribution in [2.75, 3.05) is 25.1 Å². The molecule has 1 aliphatic rings. The lowest BCUT2D eigenvalue weighted by Crippen LogP contribution is -2.34. The molecule has 0 aliphatic carbocycles. The van der Waals surface area contributed by atoms with Crippen molar-refractivity contribution in [3.63, 3.8) is 0 Å². The number of ether oxygens (including phenoxy) is 1. The van der Waals surface area contributed by atoms with E-state index in [9.17, 15) is 13.2 Å². The van der Waals surface area contributed by atoms with E-state index in [-0.39, 0.29) is 23.5 Å². The number of carbonyl (C=O) groups excluding carboxylic acids is 1. The number of aromatic nitrogens is 1. The van der Waals surface area contributed by atoms with Gasteiger partial charge in [-0.25, -0.2) is 13.4 Å². The number of likely N-dealkylation sites (N-methyl/N-ethyl adjacent to an activating group) is 1. The molecule has 0 N–H and O–H groups in total. The van der Waals surface area contributed by atoms with Crippen LogP contribution in [0.15, 0.2) is 70.2 Å². The molecule has 3 heterocycles. The predicted octanol–water partition coefficient (Wildman–Crippen LogP) is 4.84. The van der Waals surface area contributed by atoms with Gasteiger partial charge in [-0.3, -0.25) is 9.69 Å². The standard InChI is InChI=1S/C26H27N3O5S2/c1-18-6-3-9-23-24(18)27-26(35-23)29(17-21-8-5-15-34-21)25(30)19-10-12-22(13-11-19)36(31,32)28(2)16-20-7-4-14-33-20/h3,5-6,8-13,15,20H,4,7,14,16-17H2,1-2H3. The van der Waals surface area contributed by atoms with Crippen LogP contribution in [0.1, 0.15) is 34.5 Å². The van der Waals surface area contributed by atoms with Crippen molar-refractivity contribution in [3.8, 4) is 0 Å². The zero-order valence-electron chi connectivity index (χ0n) is 20.1. The lowest BCUT2D eigenvalue weighted by molar-refractivity contribution is 0.0978. The molecule has 0 spiro atoms. The topological polar surface area (TPSA) is 93.0 Å². The number of para-hydroxylation sites is 1. The maximum Gasteiger partial charge on any atom is 0.260 e. The molecule has 1 fully saturated rings. The molecule has 1 amide bonds. The van der Waals surface area contributed by atoms with E-state index in [2.05, 4.69) is 0 Å². The minimum Gasteiger partial charge on any atom is -0.467 e. The van der Waals surface area contributed by atoms with Crippen LogP contribution in [0.5, 0.6) is 0 Å². The molecule has 10 heteroatoms. The van der Waals surface area contributed by atoms with Gasteiger partial charge in [-0.05, 0) is 67.8 Å². The molecule has 5 rings (SSSR count). The van der Waals surface area contributed by atoms with Gasteiger partial charge in [0.05, 0.1) is 34.0 Å². The second-order valence-corrected chi connectivity index (χ2v) is 11.9. The van der Waals surface area contributed by atoms with Crippen LogP contribution < -0.4 is 4.90 Å². The number of nitrogens with zero attached hydrogens (tertiary/aromatic N) is 3. The van der Waals surface area contributed by atoms with Crippen LogP contribution in [0, 0.1) is 6.92 Å². The molecule has 36 heavy (non-hydrogen) atoms. The van der Waals surface area contributed by atoms with Gasteiger partial charge in [-0.1, -0.05) is 23.5 Å². The third-order valence-corrected chi connectivity index (χ3v) is 9.15. The number of carbonyl (C=O) groups is 1. The number of furan rings is 1. The van der Waals surface area contributed by atoms with E-state index in [1.807, 2.05) is 25.1 Å². The van der Waals surface area contributed by atoms with Crippen LogP contribution in [0.3, 0.4) is 0 Å². The lowest BCUT2D eigenvalue weighted by Gasteiger charge is -2.21. The number of thiazole rings is 1. The van der Waals surface area contributed by atoms with E-state index < -0.39 is 10.0 Å². The molecule has 4 aromatic rings. The predicted molar refractivity (Wildman–Crippen MR) is 139 cm³/mol. The Labute approximate surface area is 214 Å². The van der Waals surface area contributed by atoms with Gasteiger partial charge in [0.25, 0.3) is 5.91 Å². The number of hydrogen-bond donors (Lipinski definition) is 0. The number of rotatable bonds is 8. The summed E-state index contributed by atoms with van der Waals surface area (Å²) < 4.78 is 39.5. The molecule has 188 valence electrons.